The fourth-order valence-corrected chi connectivity index (χ4v) is 6.00. The Hall–Kier alpha value is -2.00. The molecule has 0 bridgehead atoms. The van der Waals surface area contributed by atoms with Gasteiger partial charge in [0.05, 0.1) is 44.4 Å². The Morgan fingerprint density at radius 3 is 1.83 bits per heavy atom. The standard InChI is InChI=1S/C24H12BrCl5N2O4/c1-36-13-7-2-9(25)8-12(13)20-21(24(35)31(20)11-5-3-10(26)4-6-11)32-22(33)14-15(23(32)34)17(28)19(30)18(29)16(14)27/h2-8,20-21H,1H3/t20-,21+/m1/s1. The van der Waals surface area contributed by atoms with Gasteiger partial charge in [0.2, 0.25) is 0 Å². The number of imide groups is 1. The molecule has 3 aromatic carbocycles. The van der Waals surface area contributed by atoms with Crippen LogP contribution < -0.4 is 9.64 Å². The van der Waals surface area contributed by atoms with Crippen molar-refractivity contribution in [1.82, 2.24) is 4.90 Å². The molecule has 3 amide bonds. The minimum atomic E-state index is -1.22. The number of carbonyl (C=O) groups excluding carboxylic acids is 3. The van der Waals surface area contributed by atoms with Gasteiger partial charge in [-0.25, -0.2) is 0 Å². The first-order chi connectivity index (χ1) is 17.1. The highest BCUT2D eigenvalue weighted by Crippen LogP contribution is 2.50. The number of methoxy groups -OCH3 is 1. The van der Waals surface area contributed by atoms with Gasteiger partial charge >= 0.3 is 0 Å². The van der Waals surface area contributed by atoms with E-state index in [9.17, 15) is 14.4 Å². The van der Waals surface area contributed by atoms with E-state index in [2.05, 4.69) is 15.9 Å². The Labute approximate surface area is 238 Å². The summed E-state index contributed by atoms with van der Waals surface area (Å²) >= 11 is 34.4. The molecule has 3 aromatic rings. The predicted octanol–water partition coefficient (Wildman–Crippen LogP) is 7.48. The molecule has 1 fully saturated rings. The van der Waals surface area contributed by atoms with Crippen LogP contribution in [0.1, 0.15) is 32.3 Å². The normalized spacial score (nSPS) is 19.0. The number of benzene rings is 3. The van der Waals surface area contributed by atoms with E-state index in [1.54, 1.807) is 42.5 Å². The van der Waals surface area contributed by atoms with Crippen LogP contribution in [0.4, 0.5) is 5.69 Å². The summed E-state index contributed by atoms with van der Waals surface area (Å²) in [7, 11) is 1.49. The van der Waals surface area contributed by atoms with Gasteiger partial charge in [-0.05, 0) is 42.5 Å². The molecular weight excluding hydrogens is 637 g/mol. The van der Waals surface area contributed by atoms with Crippen molar-refractivity contribution >= 4 is 97.3 Å². The third kappa shape index (κ3) is 3.71. The maximum Gasteiger partial charge on any atom is 0.264 e. The van der Waals surface area contributed by atoms with Crippen LogP contribution in [0, 0.1) is 0 Å². The number of ether oxygens (including phenoxy) is 1. The lowest BCUT2D eigenvalue weighted by atomic mass is 9.85. The summed E-state index contributed by atoms with van der Waals surface area (Å²) in [4.78, 5) is 43.0. The molecule has 2 aliphatic rings. The van der Waals surface area contributed by atoms with Gasteiger partial charge in [0, 0.05) is 20.7 Å². The average molecular weight is 650 g/mol. The Morgan fingerprint density at radius 2 is 1.31 bits per heavy atom. The summed E-state index contributed by atoms with van der Waals surface area (Å²) in [6.45, 7) is 0. The fraction of sp³-hybridized carbons (Fsp3) is 0.125. The maximum absolute atomic E-state index is 13.6. The van der Waals surface area contributed by atoms with Gasteiger partial charge in [-0.1, -0.05) is 73.9 Å². The highest BCUT2D eigenvalue weighted by atomic mass is 79.9. The minimum Gasteiger partial charge on any atom is -0.496 e. The van der Waals surface area contributed by atoms with E-state index < -0.39 is 29.8 Å². The lowest BCUT2D eigenvalue weighted by Gasteiger charge is -2.50. The number of nitrogens with zero attached hydrogens (tertiary/aromatic N) is 2. The Kier molecular flexibility index (Phi) is 6.69. The zero-order chi connectivity index (χ0) is 26.0. The number of carbonyl (C=O) groups is 3. The second-order valence-electron chi connectivity index (χ2n) is 7.95. The number of fused-ring (bicyclic) bond motifs is 1. The third-order valence-electron chi connectivity index (χ3n) is 6.09. The molecule has 12 heteroatoms. The number of amides is 3. The second-order valence-corrected chi connectivity index (χ2v) is 10.8. The zero-order valence-electron chi connectivity index (χ0n) is 18.0. The van der Waals surface area contributed by atoms with E-state index in [1.165, 1.54) is 12.0 Å². The first-order valence-electron chi connectivity index (χ1n) is 10.2. The van der Waals surface area contributed by atoms with E-state index in [-0.39, 0.29) is 31.2 Å². The summed E-state index contributed by atoms with van der Waals surface area (Å²) in [5, 5.41) is -0.242. The Bertz CT molecular complexity index is 1430. The molecule has 0 unspecified atom stereocenters. The molecule has 0 aromatic heterocycles. The Balaban J connectivity index is 1.67. The largest absolute Gasteiger partial charge is 0.496 e. The van der Waals surface area contributed by atoms with Crippen molar-refractivity contribution in [2.24, 2.45) is 0 Å². The SMILES string of the molecule is COc1ccc(Br)cc1[C@@H]1[C@H](N2C(=O)c3c(Cl)c(Cl)c(Cl)c(Cl)c3C2=O)C(=O)N1c1ccc(Cl)cc1. The van der Waals surface area contributed by atoms with Crippen LogP contribution in [0.3, 0.4) is 0 Å². The summed E-state index contributed by atoms with van der Waals surface area (Å²) in [5.74, 6) is -1.64. The van der Waals surface area contributed by atoms with E-state index in [0.717, 1.165) is 4.90 Å². The van der Waals surface area contributed by atoms with Crippen molar-refractivity contribution in [1.29, 1.82) is 0 Å². The van der Waals surface area contributed by atoms with E-state index in [0.29, 0.717) is 26.5 Å². The van der Waals surface area contributed by atoms with Crippen LogP contribution in [0.25, 0.3) is 0 Å². The fourth-order valence-electron chi connectivity index (χ4n) is 4.48. The molecule has 6 nitrogen and oxygen atoms in total. The van der Waals surface area contributed by atoms with Crippen LogP contribution in [0.2, 0.25) is 25.1 Å². The van der Waals surface area contributed by atoms with Crippen LogP contribution in [-0.2, 0) is 4.79 Å². The summed E-state index contributed by atoms with van der Waals surface area (Å²) < 4.78 is 6.25. The van der Waals surface area contributed by atoms with Gasteiger partial charge in [-0.2, -0.15) is 0 Å². The number of rotatable bonds is 4. The smallest absolute Gasteiger partial charge is 0.264 e. The highest BCUT2D eigenvalue weighted by molar-refractivity contribution is 9.10. The summed E-state index contributed by atoms with van der Waals surface area (Å²) in [6, 6.07) is 9.85. The van der Waals surface area contributed by atoms with Crippen LogP contribution in [0.15, 0.2) is 46.9 Å². The van der Waals surface area contributed by atoms with Gasteiger partial charge in [0.15, 0.2) is 0 Å². The molecule has 184 valence electrons. The van der Waals surface area contributed by atoms with Crippen LogP contribution in [0.5, 0.6) is 5.75 Å². The first kappa shape index (κ1) is 25.6. The second kappa shape index (κ2) is 9.39. The zero-order valence-corrected chi connectivity index (χ0v) is 23.4. The van der Waals surface area contributed by atoms with E-state index >= 15 is 0 Å². The monoisotopic (exact) mass is 646 g/mol. The summed E-state index contributed by atoms with van der Waals surface area (Å²) in [5.41, 5.74) is 0.695. The Morgan fingerprint density at radius 1 is 0.750 bits per heavy atom. The van der Waals surface area contributed by atoms with Crippen molar-refractivity contribution in [2.75, 3.05) is 12.0 Å². The third-order valence-corrected chi connectivity index (χ3v) is 8.64. The molecule has 0 saturated carbocycles. The number of anilines is 1. The van der Waals surface area contributed by atoms with Crippen molar-refractivity contribution in [2.45, 2.75) is 12.1 Å². The van der Waals surface area contributed by atoms with Crippen molar-refractivity contribution < 1.29 is 19.1 Å². The van der Waals surface area contributed by atoms with Crippen LogP contribution >= 0.6 is 73.9 Å². The number of hydrogen-bond acceptors (Lipinski definition) is 4. The van der Waals surface area contributed by atoms with E-state index in [4.69, 9.17) is 62.7 Å². The lowest BCUT2D eigenvalue weighted by molar-refractivity contribution is -0.130. The average Bonchev–Trinajstić information content (AvgIpc) is 3.11. The molecule has 2 aliphatic heterocycles. The molecule has 36 heavy (non-hydrogen) atoms. The molecule has 5 rings (SSSR count). The van der Waals surface area contributed by atoms with Crippen molar-refractivity contribution in [3.05, 3.63) is 88.7 Å². The van der Waals surface area contributed by atoms with Crippen molar-refractivity contribution in [3.8, 4) is 5.75 Å². The number of hydrogen-bond donors (Lipinski definition) is 0. The topological polar surface area (TPSA) is 66.9 Å². The molecule has 0 spiro atoms. The molecular formula is C24H12BrCl5N2O4. The molecule has 2 heterocycles. The quantitative estimate of drug-likeness (QED) is 0.127. The van der Waals surface area contributed by atoms with Gasteiger partial charge < -0.3 is 9.64 Å². The van der Waals surface area contributed by atoms with Crippen LogP contribution in [-0.4, -0.2) is 35.8 Å². The van der Waals surface area contributed by atoms with Gasteiger partial charge in [0.25, 0.3) is 17.7 Å². The highest BCUT2D eigenvalue weighted by Gasteiger charge is 2.59. The maximum atomic E-state index is 13.6. The minimum absolute atomic E-state index is 0.155. The predicted molar refractivity (Wildman–Crippen MR) is 143 cm³/mol. The summed E-state index contributed by atoms with van der Waals surface area (Å²) in [6.07, 6.45) is 0. The van der Waals surface area contributed by atoms with Gasteiger partial charge in [-0.15, -0.1) is 0 Å². The first-order valence-corrected chi connectivity index (χ1v) is 12.9. The number of β-lactam (4-membered cyclic amide) rings is 1. The number of halogens is 6. The van der Waals surface area contributed by atoms with E-state index in [1.807, 2.05) is 0 Å². The van der Waals surface area contributed by atoms with Gasteiger partial charge in [0.1, 0.15) is 11.8 Å². The van der Waals surface area contributed by atoms with Crippen molar-refractivity contribution in [3.63, 3.8) is 0 Å². The molecule has 0 radical (unpaired) electrons. The molecule has 0 aliphatic carbocycles. The lowest BCUT2D eigenvalue weighted by Crippen LogP contribution is -2.67. The molecule has 1 saturated heterocycles. The molecule has 0 N–H and O–H groups in total. The molecule has 2 atom stereocenters. The van der Waals surface area contributed by atoms with Gasteiger partial charge in [-0.3, -0.25) is 19.3 Å².